The van der Waals surface area contributed by atoms with Gasteiger partial charge >= 0.3 is 5.97 Å². The molecule has 0 aliphatic carbocycles. The first-order valence-electron chi connectivity index (χ1n) is 6.10. The van der Waals surface area contributed by atoms with E-state index in [0.29, 0.717) is 6.54 Å². The van der Waals surface area contributed by atoms with Crippen LogP contribution in [0.25, 0.3) is 0 Å². The van der Waals surface area contributed by atoms with Crippen LogP contribution in [-0.4, -0.2) is 29.9 Å². The first-order valence-corrected chi connectivity index (χ1v) is 6.10. The van der Waals surface area contributed by atoms with Crippen molar-refractivity contribution in [3.05, 3.63) is 29.3 Å². The number of carbonyl (C=O) groups excluding carboxylic acids is 1. The number of nitrogens with zero attached hydrogens (tertiary/aromatic N) is 1. The average molecular weight is 247 g/mol. The monoisotopic (exact) mass is 247 g/mol. The van der Waals surface area contributed by atoms with E-state index in [1.807, 2.05) is 18.2 Å². The molecule has 0 amide bonds. The van der Waals surface area contributed by atoms with E-state index in [0.717, 1.165) is 29.8 Å². The van der Waals surface area contributed by atoms with Crippen LogP contribution in [0.5, 0.6) is 0 Å². The zero-order valence-corrected chi connectivity index (χ0v) is 10.6. The number of ketones is 1. The van der Waals surface area contributed by atoms with E-state index in [2.05, 4.69) is 4.90 Å². The molecule has 1 aliphatic rings. The number of hydrogen-bond acceptors (Lipinski definition) is 3. The second kappa shape index (κ2) is 4.80. The minimum atomic E-state index is -0.774. The molecule has 18 heavy (non-hydrogen) atoms. The third-order valence-corrected chi connectivity index (χ3v) is 3.39. The predicted octanol–water partition coefficient (Wildman–Crippen LogP) is 1.97. The Bertz CT molecular complexity index is 496. The lowest BCUT2D eigenvalue weighted by atomic mass is 10.1. The van der Waals surface area contributed by atoms with Gasteiger partial charge < -0.3 is 10.0 Å². The SMILES string of the molecule is CC(=O)c1ccc2c(c1)CCN2CC(C)C(=O)O. The molecule has 1 aromatic rings. The van der Waals surface area contributed by atoms with Crippen LogP contribution in [0.2, 0.25) is 0 Å². The fourth-order valence-electron chi connectivity index (χ4n) is 2.29. The van der Waals surface area contributed by atoms with Gasteiger partial charge in [0.1, 0.15) is 0 Å². The van der Waals surface area contributed by atoms with Crippen molar-refractivity contribution >= 4 is 17.4 Å². The van der Waals surface area contributed by atoms with Crippen LogP contribution in [0, 0.1) is 5.92 Å². The van der Waals surface area contributed by atoms with Gasteiger partial charge in [-0.05, 0) is 37.1 Å². The molecule has 1 unspecified atom stereocenters. The molecule has 4 nitrogen and oxygen atoms in total. The van der Waals surface area contributed by atoms with Gasteiger partial charge in [-0.2, -0.15) is 0 Å². The summed E-state index contributed by atoms with van der Waals surface area (Å²) in [5.41, 5.74) is 2.93. The second-order valence-corrected chi connectivity index (χ2v) is 4.83. The summed E-state index contributed by atoms with van der Waals surface area (Å²) in [5.74, 6) is -1.10. The van der Waals surface area contributed by atoms with Crippen LogP contribution in [0.3, 0.4) is 0 Å². The Morgan fingerprint density at radius 2 is 2.17 bits per heavy atom. The molecule has 1 atom stereocenters. The van der Waals surface area contributed by atoms with Crippen LogP contribution in [0.1, 0.15) is 29.8 Å². The van der Waals surface area contributed by atoms with Gasteiger partial charge in [0.25, 0.3) is 0 Å². The summed E-state index contributed by atoms with van der Waals surface area (Å²) in [7, 11) is 0. The van der Waals surface area contributed by atoms with Gasteiger partial charge in [0.15, 0.2) is 5.78 Å². The van der Waals surface area contributed by atoms with E-state index < -0.39 is 5.97 Å². The quantitative estimate of drug-likeness (QED) is 0.826. The van der Waals surface area contributed by atoms with Crippen LogP contribution in [-0.2, 0) is 11.2 Å². The van der Waals surface area contributed by atoms with E-state index in [1.165, 1.54) is 0 Å². The summed E-state index contributed by atoms with van der Waals surface area (Å²) in [6, 6.07) is 5.65. The molecule has 96 valence electrons. The Morgan fingerprint density at radius 1 is 1.44 bits per heavy atom. The number of rotatable bonds is 4. The highest BCUT2D eigenvalue weighted by Crippen LogP contribution is 2.29. The summed E-state index contributed by atoms with van der Waals surface area (Å²) in [6.45, 7) is 4.61. The van der Waals surface area contributed by atoms with Crippen LogP contribution in [0.4, 0.5) is 5.69 Å². The van der Waals surface area contributed by atoms with Gasteiger partial charge in [-0.25, -0.2) is 0 Å². The topological polar surface area (TPSA) is 57.6 Å². The van der Waals surface area contributed by atoms with E-state index in [-0.39, 0.29) is 11.7 Å². The van der Waals surface area contributed by atoms with Crippen molar-refractivity contribution in [3.63, 3.8) is 0 Å². The van der Waals surface area contributed by atoms with Gasteiger partial charge in [-0.1, -0.05) is 6.92 Å². The molecular formula is C14H17NO3. The third-order valence-electron chi connectivity index (χ3n) is 3.39. The summed E-state index contributed by atoms with van der Waals surface area (Å²) < 4.78 is 0. The summed E-state index contributed by atoms with van der Waals surface area (Å²) >= 11 is 0. The lowest BCUT2D eigenvalue weighted by molar-refractivity contribution is -0.140. The Balaban J connectivity index is 2.19. The predicted molar refractivity (Wildman–Crippen MR) is 69.2 cm³/mol. The molecule has 0 spiro atoms. The van der Waals surface area contributed by atoms with Gasteiger partial charge in [-0.15, -0.1) is 0 Å². The molecule has 1 aliphatic heterocycles. The smallest absolute Gasteiger partial charge is 0.308 e. The van der Waals surface area contributed by atoms with Gasteiger partial charge in [0, 0.05) is 24.3 Å². The number of hydrogen-bond donors (Lipinski definition) is 1. The summed E-state index contributed by atoms with van der Waals surface area (Å²) in [6.07, 6.45) is 0.878. The Labute approximate surface area is 106 Å². The highest BCUT2D eigenvalue weighted by atomic mass is 16.4. The first kappa shape index (κ1) is 12.6. The number of aliphatic carboxylic acids is 1. The molecule has 1 N–H and O–H groups in total. The number of carboxylic acids is 1. The maximum atomic E-state index is 11.3. The van der Waals surface area contributed by atoms with Crippen LogP contribution in [0.15, 0.2) is 18.2 Å². The van der Waals surface area contributed by atoms with E-state index >= 15 is 0 Å². The molecule has 1 aromatic carbocycles. The van der Waals surface area contributed by atoms with Gasteiger partial charge in [0.2, 0.25) is 0 Å². The summed E-state index contributed by atoms with van der Waals surface area (Å²) in [4.78, 5) is 24.3. The molecule has 0 bridgehead atoms. The fraction of sp³-hybridized carbons (Fsp3) is 0.429. The minimum Gasteiger partial charge on any atom is -0.481 e. The van der Waals surface area contributed by atoms with Crippen molar-refractivity contribution in [2.24, 2.45) is 5.92 Å². The maximum absolute atomic E-state index is 11.3. The van der Waals surface area contributed by atoms with Crippen molar-refractivity contribution < 1.29 is 14.7 Å². The number of carbonyl (C=O) groups is 2. The fourth-order valence-corrected chi connectivity index (χ4v) is 2.29. The number of fused-ring (bicyclic) bond motifs is 1. The lowest BCUT2D eigenvalue weighted by Crippen LogP contribution is -2.30. The average Bonchev–Trinajstić information content (AvgIpc) is 2.71. The number of anilines is 1. The third kappa shape index (κ3) is 2.37. The molecule has 0 saturated heterocycles. The molecule has 1 heterocycles. The van der Waals surface area contributed by atoms with Crippen molar-refractivity contribution in [2.45, 2.75) is 20.3 Å². The lowest BCUT2D eigenvalue weighted by Gasteiger charge is -2.21. The molecular weight excluding hydrogens is 230 g/mol. The second-order valence-electron chi connectivity index (χ2n) is 4.83. The molecule has 4 heteroatoms. The standard InChI is InChI=1S/C14H17NO3/c1-9(14(17)18)8-15-6-5-12-7-11(10(2)16)3-4-13(12)15/h3-4,7,9H,5-6,8H2,1-2H3,(H,17,18). The highest BCUT2D eigenvalue weighted by Gasteiger charge is 2.23. The number of carboxylic acid groups (broad SMARTS) is 1. The largest absolute Gasteiger partial charge is 0.481 e. The minimum absolute atomic E-state index is 0.0650. The molecule has 0 fully saturated rings. The Kier molecular flexibility index (Phi) is 3.36. The molecule has 2 rings (SSSR count). The van der Waals surface area contributed by atoms with E-state index in [1.54, 1.807) is 13.8 Å². The zero-order valence-electron chi connectivity index (χ0n) is 10.6. The summed E-state index contributed by atoms with van der Waals surface area (Å²) in [5, 5.41) is 8.94. The van der Waals surface area contributed by atoms with Crippen molar-refractivity contribution in [2.75, 3.05) is 18.0 Å². The Hall–Kier alpha value is -1.84. The van der Waals surface area contributed by atoms with Crippen LogP contribution >= 0.6 is 0 Å². The zero-order chi connectivity index (χ0) is 13.3. The van der Waals surface area contributed by atoms with E-state index in [4.69, 9.17) is 5.11 Å². The first-order chi connectivity index (χ1) is 8.49. The van der Waals surface area contributed by atoms with Crippen molar-refractivity contribution in [1.82, 2.24) is 0 Å². The number of Topliss-reactive ketones (excluding diaryl/α,β-unsaturated/α-hetero) is 1. The maximum Gasteiger partial charge on any atom is 0.308 e. The normalized spacial score (nSPS) is 15.3. The van der Waals surface area contributed by atoms with Crippen molar-refractivity contribution in [3.8, 4) is 0 Å². The van der Waals surface area contributed by atoms with Gasteiger partial charge in [-0.3, -0.25) is 9.59 Å². The van der Waals surface area contributed by atoms with E-state index in [9.17, 15) is 9.59 Å². The van der Waals surface area contributed by atoms with Gasteiger partial charge in [0.05, 0.1) is 5.92 Å². The van der Waals surface area contributed by atoms with Crippen LogP contribution < -0.4 is 4.90 Å². The number of benzene rings is 1. The molecule has 0 aromatic heterocycles. The molecule has 0 radical (unpaired) electrons. The highest BCUT2D eigenvalue weighted by molar-refractivity contribution is 5.94. The Morgan fingerprint density at radius 3 is 2.78 bits per heavy atom. The van der Waals surface area contributed by atoms with Crippen molar-refractivity contribution in [1.29, 1.82) is 0 Å². The molecule has 0 saturated carbocycles.